The van der Waals surface area contributed by atoms with Gasteiger partial charge in [0, 0.05) is 30.3 Å². The highest BCUT2D eigenvalue weighted by molar-refractivity contribution is 5.94. The number of amides is 1. The molecule has 0 saturated carbocycles. The summed E-state index contributed by atoms with van der Waals surface area (Å²) in [7, 11) is 0. The summed E-state index contributed by atoms with van der Waals surface area (Å²) in [5.74, 6) is -0.0796. The van der Waals surface area contributed by atoms with E-state index in [0.29, 0.717) is 12.1 Å². The zero-order chi connectivity index (χ0) is 17.9. The fraction of sp³-hybridized carbons (Fsp3) is 0.300. The third kappa shape index (κ3) is 4.18. The summed E-state index contributed by atoms with van der Waals surface area (Å²) in [6.07, 6.45) is 7.48. The Bertz CT molecular complexity index is 813. The molecule has 3 rings (SSSR count). The lowest BCUT2D eigenvalue weighted by Crippen LogP contribution is -2.31. The molecule has 0 radical (unpaired) electrons. The molecule has 2 heterocycles. The molecule has 2 aromatic heterocycles. The first kappa shape index (κ1) is 17.0. The number of benzene rings is 1. The quantitative estimate of drug-likeness (QED) is 0.774. The molecule has 0 aliphatic carbocycles. The van der Waals surface area contributed by atoms with Crippen molar-refractivity contribution >= 4 is 5.91 Å². The molecule has 5 nitrogen and oxygen atoms in total. The minimum Gasteiger partial charge on any atom is -0.348 e. The van der Waals surface area contributed by atoms with Crippen LogP contribution in [0.15, 0.2) is 67.3 Å². The van der Waals surface area contributed by atoms with Gasteiger partial charge in [0.15, 0.2) is 0 Å². The van der Waals surface area contributed by atoms with Crippen molar-refractivity contribution in [1.29, 1.82) is 0 Å². The lowest BCUT2D eigenvalue weighted by atomic mass is 10.1. The minimum atomic E-state index is -0.147. The molecule has 0 unspecified atom stereocenters. The maximum Gasteiger partial charge on any atom is 0.253 e. The SMILES string of the molecule is CC(C)(C)n1ccc(C(=O)N[C@H](Cn2cccn2)c2ccccc2)c1. The van der Waals surface area contributed by atoms with E-state index in [1.54, 1.807) is 6.20 Å². The van der Waals surface area contributed by atoms with Crippen molar-refractivity contribution in [2.24, 2.45) is 0 Å². The molecule has 0 aliphatic heterocycles. The predicted molar refractivity (Wildman–Crippen MR) is 98.3 cm³/mol. The van der Waals surface area contributed by atoms with E-state index in [1.165, 1.54) is 0 Å². The van der Waals surface area contributed by atoms with Crippen LogP contribution in [0.5, 0.6) is 0 Å². The van der Waals surface area contributed by atoms with Crippen molar-refractivity contribution in [1.82, 2.24) is 19.7 Å². The maximum absolute atomic E-state index is 12.7. The van der Waals surface area contributed by atoms with Crippen LogP contribution in [0, 0.1) is 0 Å². The van der Waals surface area contributed by atoms with Gasteiger partial charge in [0.05, 0.1) is 18.2 Å². The second-order valence-corrected chi connectivity index (χ2v) is 7.14. The van der Waals surface area contributed by atoms with E-state index < -0.39 is 0 Å². The predicted octanol–water partition coefficient (Wildman–Crippen LogP) is 3.61. The largest absolute Gasteiger partial charge is 0.348 e. The van der Waals surface area contributed by atoms with Gasteiger partial charge in [-0.3, -0.25) is 9.48 Å². The second kappa shape index (κ2) is 6.97. The van der Waals surface area contributed by atoms with Crippen molar-refractivity contribution in [3.8, 4) is 0 Å². The van der Waals surface area contributed by atoms with Gasteiger partial charge in [-0.25, -0.2) is 0 Å². The van der Waals surface area contributed by atoms with Crippen LogP contribution in [0.25, 0.3) is 0 Å². The third-order valence-corrected chi connectivity index (χ3v) is 4.17. The standard InChI is InChI=1S/C20H24N4O/c1-20(2,3)23-13-10-17(14-23)19(25)22-18(15-24-12-7-11-21-24)16-8-5-4-6-9-16/h4-14,18H,15H2,1-3H3,(H,22,25)/t18-/m1/s1. The summed E-state index contributed by atoms with van der Waals surface area (Å²) in [5.41, 5.74) is 1.67. The van der Waals surface area contributed by atoms with E-state index >= 15 is 0 Å². The lowest BCUT2D eigenvalue weighted by Gasteiger charge is -2.21. The van der Waals surface area contributed by atoms with Crippen LogP contribution in [-0.2, 0) is 12.1 Å². The van der Waals surface area contributed by atoms with Gasteiger partial charge >= 0.3 is 0 Å². The van der Waals surface area contributed by atoms with E-state index in [4.69, 9.17) is 0 Å². The summed E-state index contributed by atoms with van der Waals surface area (Å²) < 4.78 is 3.88. The summed E-state index contributed by atoms with van der Waals surface area (Å²) in [6, 6.07) is 13.6. The Balaban J connectivity index is 1.80. The molecule has 0 aliphatic rings. The van der Waals surface area contributed by atoms with E-state index in [9.17, 15) is 4.79 Å². The highest BCUT2D eigenvalue weighted by Crippen LogP contribution is 2.18. The van der Waals surface area contributed by atoms with Gasteiger partial charge in [-0.15, -0.1) is 0 Å². The Hall–Kier alpha value is -2.82. The number of nitrogens with one attached hydrogen (secondary N) is 1. The number of rotatable bonds is 5. The summed E-state index contributed by atoms with van der Waals surface area (Å²) in [6.45, 7) is 6.92. The monoisotopic (exact) mass is 336 g/mol. The van der Waals surface area contributed by atoms with Gasteiger partial charge < -0.3 is 9.88 Å². The maximum atomic E-state index is 12.7. The summed E-state index contributed by atoms with van der Waals surface area (Å²) in [5, 5.41) is 7.40. The fourth-order valence-electron chi connectivity index (χ4n) is 2.70. The first-order valence-electron chi connectivity index (χ1n) is 8.45. The molecule has 0 fully saturated rings. The molecule has 1 amide bonds. The number of carbonyl (C=O) groups is 1. The molecular weight excluding hydrogens is 312 g/mol. The molecule has 5 heteroatoms. The molecule has 1 N–H and O–H groups in total. The lowest BCUT2D eigenvalue weighted by molar-refractivity contribution is 0.0931. The number of hydrogen-bond acceptors (Lipinski definition) is 2. The number of hydrogen-bond donors (Lipinski definition) is 1. The minimum absolute atomic E-state index is 0.0492. The van der Waals surface area contributed by atoms with Gasteiger partial charge in [-0.2, -0.15) is 5.10 Å². The van der Waals surface area contributed by atoms with Gasteiger partial charge in [-0.1, -0.05) is 30.3 Å². The number of carbonyl (C=O) groups excluding carboxylic acids is 1. The Kier molecular flexibility index (Phi) is 4.74. The van der Waals surface area contributed by atoms with E-state index in [1.807, 2.05) is 70.3 Å². The van der Waals surface area contributed by atoms with Crippen LogP contribution < -0.4 is 5.32 Å². The zero-order valence-electron chi connectivity index (χ0n) is 14.9. The van der Waals surface area contributed by atoms with Crippen LogP contribution in [0.4, 0.5) is 0 Å². The van der Waals surface area contributed by atoms with Crippen LogP contribution in [0.2, 0.25) is 0 Å². The molecule has 1 aromatic carbocycles. The van der Waals surface area contributed by atoms with E-state index in [2.05, 4.69) is 31.2 Å². The van der Waals surface area contributed by atoms with Gasteiger partial charge in [-0.05, 0) is 38.5 Å². The topological polar surface area (TPSA) is 51.9 Å². The first-order valence-corrected chi connectivity index (χ1v) is 8.45. The molecule has 0 saturated heterocycles. The average Bonchev–Trinajstić information content (AvgIpc) is 3.26. The van der Waals surface area contributed by atoms with Gasteiger partial charge in [0.2, 0.25) is 0 Å². The first-order chi connectivity index (χ1) is 11.9. The van der Waals surface area contributed by atoms with Crippen molar-refractivity contribution in [3.63, 3.8) is 0 Å². The molecule has 0 spiro atoms. The normalized spacial score (nSPS) is 12.8. The van der Waals surface area contributed by atoms with Crippen LogP contribution in [0.1, 0.15) is 42.7 Å². The van der Waals surface area contributed by atoms with Crippen LogP contribution in [-0.4, -0.2) is 20.3 Å². The molecule has 25 heavy (non-hydrogen) atoms. The van der Waals surface area contributed by atoms with E-state index in [-0.39, 0.29) is 17.5 Å². The van der Waals surface area contributed by atoms with Gasteiger partial charge in [0.25, 0.3) is 5.91 Å². The summed E-state index contributed by atoms with van der Waals surface area (Å²) >= 11 is 0. The van der Waals surface area contributed by atoms with Crippen molar-refractivity contribution in [2.75, 3.05) is 0 Å². The molecule has 3 aromatic rings. The Morgan fingerprint density at radius 1 is 1.12 bits per heavy atom. The Morgan fingerprint density at radius 3 is 2.48 bits per heavy atom. The number of aromatic nitrogens is 3. The zero-order valence-corrected chi connectivity index (χ0v) is 14.9. The highest BCUT2D eigenvalue weighted by atomic mass is 16.1. The van der Waals surface area contributed by atoms with Gasteiger partial charge in [0.1, 0.15) is 0 Å². The van der Waals surface area contributed by atoms with Crippen LogP contribution >= 0.6 is 0 Å². The number of nitrogens with zero attached hydrogens (tertiary/aromatic N) is 3. The van der Waals surface area contributed by atoms with E-state index in [0.717, 1.165) is 5.56 Å². The van der Waals surface area contributed by atoms with Crippen LogP contribution in [0.3, 0.4) is 0 Å². The summed E-state index contributed by atoms with van der Waals surface area (Å²) in [4.78, 5) is 12.7. The smallest absolute Gasteiger partial charge is 0.253 e. The highest BCUT2D eigenvalue weighted by Gasteiger charge is 2.19. The third-order valence-electron chi connectivity index (χ3n) is 4.17. The molecular formula is C20H24N4O. The van der Waals surface area contributed by atoms with Crippen molar-refractivity contribution in [2.45, 2.75) is 38.9 Å². The van der Waals surface area contributed by atoms with Crippen molar-refractivity contribution in [3.05, 3.63) is 78.4 Å². The second-order valence-electron chi connectivity index (χ2n) is 7.14. The Morgan fingerprint density at radius 2 is 1.88 bits per heavy atom. The molecule has 130 valence electrons. The Labute approximate surface area is 148 Å². The fourth-order valence-corrected chi connectivity index (χ4v) is 2.70. The van der Waals surface area contributed by atoms with Crippen molar-refractivity contribution < 1.29 is 4.79 Å². The molecule has 0 bridgehead atoms. The average molecular weight is 336 g/mol. The molecule has 1 atom stereocenters.